The Labute approximate surface area is 363 Å². The minimum atomic E-state index is -0.220. The predicted octanol–water partition coefficient (Wildman–Crippen LogP) is 15.7. The smallest absolute Gasteiger partial charge is 0.0502 e. The molecule has 296 valence electrons. The van der Waals surface area contributed by atoms with Gasteiger partial charge in [0.1, 0.15) is 0 Å². The molecular formula is C58H48N2S. The monoisotopic (exact) mass is 804 g/mol. The third-order valence-corrected chi connectivity index (χ3v) is 16.4. The Hall–Kier alpha value is -6.16. The first-order valence-electron chi connectivity index (χ1n) is 22.4. The summed E-state index contributed by atoms with van der Waals surface area (Å²) in [6.45, 7) is 4.81. The van der Waals surface area contributed by atoms with Crippen molar-refractivity contribution in [3.63, 3.8) is 0 Å². The van der Waals surface area contributed by atoms with Gasteiger partial charge in [0.2, 0.25) is 0 Å². The number of benzene rings is 6. The minimum Gasteiger partial charge on any atom is -0.314 e. The molecule has 6 aliphatic rings. The summed E-state index contributed by atoms with van der Waals surface area (Å²) in [5, 5.41) is 2.69. The van der Waals surface area contributed by atoms with Gasteiger partial charge in [0.15, 0.2) is 0 Å². The predicted molar refractivity (Wildman–Crippen MR) is 257 cm³/mol. The van der Waals surface area contributed by atoms with Gasteiger partial charge in [-0.3, -0.25) is 0 Å². The zero-order valence-corrected chi connectivity index (χ0v) is 35.7. The number of hydrogen-bond acceptors (Lipinski definition) is 3. The van der Waals surface area contributed by atoms with E-state index in [-0.39, 0.29) is 10.8 Å². The summed E-state index contributed by atoms with van der Waals surface area (Å²) in [5.74, 6) is 0.749. The van der Waals surface area contributed by atoms with Crippen molar-refractivity contribution in [2.24, 2.45) is 11.8 Å². The van der Waals surface area contributed by atoms with Crippen LogP contribution in [0.15, 0.2) is 192 Å². The van der Waals surface area contributed by atoms with Gasteiger partial charge >= 0.3 is 0 Å². The number of thiophene rings is 1. The molecule has 3 atom stereocenters. The second kappa shape index (κ2) is 13.2. The molecule has 5 aliphatic carbocycles. The van der Waals surface area contributed by atoms with Crippen LogP contribution in [0.2, 0.25) is 0 Å². The van der Waals surface area contributed by atoms with Crippen LogP contribution < -0.4 is 9.80 Å². The average molecular weight is 805 g/mol. The molecular weight excluding hydrogens is 757 g/mol. The summed E-state index contributed by atoms with van der Waals surface area (Å²) in [6.07, 6.45) is 21.1. The highest BCUT2D eigenvalue weighted by atomic mass is 32.1. The minimum absolute atomic E-state index is 0.100. The van der Waals surface area contributed by atoms with Crippen molar-refractivity contribution >= 4 is 54.3 Å². The van der Waals surface area contributed by atoms with Crippen molar-refractivity contribution in [2.45, 2.75) is 63.2 Å². The molecule has 0 radical (unpaired) electrons. The van der Waals surface area contributed by atoms with E-state index in [1.807, 2.05) is 11.3 Å². The van der Waals surface area contributed by atoms with Crippen molar-refractivity contribution in [3.05, 3.63) is 215 Å². The van der Waals surface area contributed by atoms with Gasteiger partial charge in [0.05, 0.1) is 11.4 Å². The number of para-hydroxylation sites is 2. The molecule has 1 aliphatic heterocycles. The summed E-state index contributed by atoms with van der Waals surface area (Å²) < 4.78 is 2.69. The van der Waals surface area contributed by atoms with Crippen LogP contribution in [0.5, 0.6) is 0 Å². The van der Waals surface area contributed by atoms with Crippen LogP contribution in [0.3, 0.4) is 0 Å². The Morgan fingerprint density at radius 2 is 1.33 bits per heavy atom. The van der Waals surface area contributed by atoms with Crippen LogP contribution in [0.4, 0.5) is 22.7 Å². The standard InChI is InChI=1S/C58H48N2S/c1-57(2)47-24-11-13-27-51(47)60(52-28-14-12-25-48(52)57)53-29-16-26-49-56(53)44-21-7-10-23-46(44)58(49)45-22-9-6-19-40(45)41-33-31-38(35-50(41)58)59(37-17-4-3-5-18-37)39-32-34-43-42-20-8-15-30-54(42)61-55(43)36-39/h3-4,6-9,11-15,17,19-22,24-25,27-36,44,46H,5,10,16,18,23,26H2,1-2H3. The quantitative estimate of drug-likeness (QED) is 0.164. The van der Waals surface area contributed by atoms with Gasteiger partial charge in [0, 0.05) is 59.7 Å². The Morgan fingerprint density at radius 3 is 2.15 bits per heavy atom. The third kappa shape index (κ3) is 4.84. The van der Waals surface area contributed by atoms with E-state index in [9.17, 15) is 0 Å². The molecule has 0 amide bonds. The summed E-state index contributed by atoms with van der Waals surface area (Å²) in [4.78, 5) is 5.25. The van der Waals surface area contributed by atoms with Crippen molar-refractivity contribution in [1.29, 1.82) is 0 Å². The summed E-state index contributed by atoms with van der Waals surface area (Å²) in [6, 6.07) is 51.4. The fraction of sp³-hybridized carbons (Fsp3) is 0.207. The largest absolute Gasteiger partial charge is 0.314 e. The lowest BCUT2D eigenvalue weighted by molar-refractivity contribution is 0.319. The highest BCUT2D eigenvalue weighted by molar-refractivity contribution is 7.25. The summed E-state index contributed by atoms with van der Waals surface area (Å²) >= 11 is 1.91. The molecule has 7 aromatic rings. The Kier molecular flexibility index (Phi) is 7.68. The molecule has 1 aromatic heterocycles. The van der Waals surface area contributed by atoms with E-state index in [0.717, 1.165) is 32.1 Å². The van der Waals surface area contributed by atoms with E-state index >= 15 is 0 Å². The number of nitrogens with zero attached hydrogens (tertiary/aromatic N) is 2. The lowest BCUT2D eigenvalue weighted by atomic mass is 9.62. The Morgan fingerprint density at radius 1 is 0.623 bits per heavy atom. The highest BCUT2D eigenvalue weighted by Crippen LogP contribution is 2.69. The van der Waals surface area contributed by atoms with Gasteiger partial charge in [-0.2, -0.15) is 0 Å². The third-order valence-electron chi connectivity index (χ3n) is 15.2. The van der Waals surface area contributed by atoms with E-state index in [4.69, 9.17) is 0 Å². The summed E-state index contributed by atoms with van der Waals surface area (Å²) in [7, 11) is 0. The van der Waals surface area contributed by atoms with Crippen molar-refractivity contribution in [1.82, 2.24) is 0 Å². The number of rotatable bonds is 4. The van der Waals surface area contributed by atoms with Crippen molar-refractivity contribution < 1.29 is 0 Å². The van der Waals surface area contributed by atoms with Crippen molar-refractivity contribution in [3.8, 4) is 11.1 Å². The molecule has 6 aromatic carbocycles. The first-order valence-corrected chi connectivity index (χ1v) is 23.3. The first kappa shape index (κ1) is 35.6. The van der Waals surface area contributed by atoms with Crippen molar-refractivity contribution in [2.75, 3.05) is 9.80 Å². The molecule has 61 heavy (non-hydrogen) atoms. The Balaban J connectivity index is 1.04. The molecule has 1 spiro atoms. The van der Waals surface area contributed by atoms with Crippen LogP contribution in [-0.2, 0) is 10.8 Å². The van der Waals surface area contributed by atoms with Crippen LogP contribution >= 0.6 is 11.3 Å². The SMILES string of the molecule is CC1(C)c2ccccc2N(C2=CCCC3=C2C2C=CCCC2C32c3ccccc3-c3ccc(N(C4=CC=CCC4)c4ccc5c(c4)sc4ccccc45)cc32)c2ccccc21. The average Bonchev–Trinajstić information content (AvgIpc) is 3.94. The molecule has 0 saturated carbocycles. The molecule has 3 heteroatoms. The second-order valence-corrected chi connectivity index (χ2v) is 19.6. The van der Waals surface area contributed by atoms with Gasteiger partial charge < -0.3 is 9.80 Å². The fourth-order valence-electron chi connectivity index (χ4n) is 12.8. The first-order chi connectivity index (χ1) is 30.0. The molecule has 13 rings (SSSR count). The van der Waals surface area contributed by atoms with Crippen LogP contribution in [0, 0.1) is 11.8 Å². The van der Waals surface area contributed by atoms with Crippen LogP contribution in [0.25, 0.3) is 31.3 Å². The van der Waals surface area contributed by atoms with Gasteiger partial charge in [-0.05, 0) is 138 Å². The van der Waals surface area contributed by atoms with Crippen LogP contribution in [-0.4, -0.2) is 0 Å². The number of anilines is 4. The van der Waals surface area contributed by atoms with Gasteiger partial charge in [-0.1, -0.05) is 135 Å². The maximum Gasteiger partial charge on any atom is 0.0502 e. The van der Waals surface area contributed by atoms with E-state index < -0.39 is 0 Å². The van der Waals surface area contributed by atoms with Gasteiger partial charge in [-0.15, -0.1) is 11.3 Å². The molecule has 3 unspecified atom stereocenters. The Bertz CT molecular complexity index is 3120. The molecule has 0 bridgehead atoms. The van der Waals surface area contributed by atoms with Gasteiger partial charge in [-0.25, -0.2) is 0 Å². The number of allylic oxidation sites excluding steroid dienone is 9. The zero-order chi connectivity index (χ0) is 40.5. The lowest BCUT2D eigenvalue weighted by Crippen LogP contribution is -2.36. The summed E-state index contributed by atoms with van der Waals surface area (Å²) in [5.41, 5.74) is 19.4. The normalized spacial score (nSPS) is 22.7. The van der Waals surface area contributed by atoms with Gasteiger partial charge in [0.25, 0.3) is 0 Å². The zero-order valence-electron chi connectivity index (χ0n) is 34.9. The molecule has 2 heterocycles. The van der Waals surface area contributed by atoms with Crippen LogP contribution in [0.1, 0.15) is 74.6 Å². The van der Waals surface area contributed by atoms with E-state index in [0.29, 0.717) is 11.8 Å². The second-order valence-electron chi connectivity index (χ2n) is 18.5. The number of hydrogen-bond donors (Lipinski definition) is 0. The number of fused-ring (bicyclic) bond motifs is 14. The molecule has 0 fully saturated rings. The molecule has 0 N–H and O–H groups in total. The maximum atomic E-state index is 2.66. The molecule has 0 saturated heterocycles. The lowest BCUT2D eigenvalue weighted by Gasteiger charge is -2.44. The van der Waals surface area contributed by atoms with E-state index in [1.165, 1.54) is 94.1 Å². The van der Waals surface area contributed by atoms with E-state index in [2.05, 4.69) is 194 Å². The fourth-order valence-corrected chi connectivity index (χ4v) is 13.9. The highest BCUT2D eigenvalue weighted by Gasteiger charge is 2.60. The topological polar surface area (TPSA) is 6.48 Å². The van der Waals surface area contributed by atoms with E-state index in [1.54, 1.807) is 11.1 Å². The molecule has 2 nitrogen and oxygen atoms in total. The maximum absolute atomic E-state index is 2.66.